The lowest BCUT2D eigenvalue weighted by Gasteiger charge is -2.59. The third-order valence-electron chi connectivity index (χ3n) is 9.19. The first-order chi connectivity index (χ1) is 12.9. The zero-order valence-electron chi connectivity index (χ0n) is 17.2. The van der Waals surface area contributed by atoms with Crippen LogP contribution in [-0.2, 0) is 9.59 Å². The maximum atomic E-state index is 13.3. The van der Waals surface area contributed by atoms with Gasteiger partial charge in [0.2, 0.25) is 0 Å². The van der Waals surface area contributed by atoms with E-state index in [0.717, 1.165) is 57.9 Å². The molecular weight excluding hydrogens is 334 g/mol. The fourth-order valence-electron chi connectivity index (χ4n) is 7.54. The van der Waals surface area contributed by atoms with Crippen LogP contribution in [0.25, 0.3) is 0 Å². The number of Topliss-reactive ketones (excluding diaryl/α,β-unsaturated/α-hetero) is 2. The number of unbranched alkanes of at least 4 members (excludes halogenated alkanes) is 1. The Balaban J connectivity index is 1.52. The minimum absolute atomic E-state index is 0.131. The molecule has 3 heteroatoms. The van der Waals surface area contributed by atoms with E-state index in [-0.39, 0.29) is 16.7 Å². The fourth-order valence-corrected chi connectivity index (χ4v) is 7.54. The summed E-state index contributed by atoms with van der Waals surface area (Å²) in [6.07, 6.45) is 14.9. The van der Waals surface area contributed by atoms with E-state index in [9.17, 15) is 9.59 Å². The lowest BCUT2D eigenvalue weighted by atomic mass is 9.44. The molecule has 0 spiro atoms. The number of carbonyl (C=O) groups excluding carboxylic acids is 2. The van der Waals surface area contributed by atoms with Crippen LogP contribution in [0.4, 0.5) is 0 Å². The second-order valence-corrected chi connectivity index (χ2v) is 10.4. The van der Waals surface area contributed by atoms with Gasteiger partial charge < -0.3 is 5.73 Å². The van der Waals surface area contributed by atoms with E-state index >= 15 is 0 Å². The van der Waals surface area contributed by atoms with Gasteiger partial charge in [-0.2, -0.15) is 0 Å². The molecule has 4 rings (SSSR count). The van der Waals surface area contributed by atoms with Crippen molar-refractivity contribution in [3.63, 3.8) is 0 Å². The predicted molar refractivity (Wildman–Crippen MR) is 108 cm³/mol. The van der Waals surface area contributed by atoms with E-state index in [2.05, 4.69) is 26.0 Å². The van der Waals surface area contributed by atoms with Gasteiger partial charge in [-0.3, -0.25) is 9.59 Å². The third kappa shape index (κ3) is 3.05. The number of carbonyl (C=O) groups is 2. The molecule has 3 nitrogen and oxygen atoms in total. The summed E-state index contributed by atoms with van der Waals surface area (Å²) in [6.45, 7) is 5.37. The number of fused-ring (bicyclic) bond motifs is 5. The second-order valence-electron chi connectivity index (χ2n) is 10.4. The van der Waals surface area contributed by atoms with E-state index in [0.29, 0.717) is 35.2 Å². The lowest BCUT2D eigenvalue weighted by molar-refractivity contribution is -0.157. The van der Waals surface area contributed by atoms with E-state index in [1.165, 1.54) is 12.8 Å². The number of nitrogens with two attached hydrogens (primary N) is 1. The number of allylic oxidation sites excluding steroid dienone is 2. The van der Waals surface area contributed by atoms with E-state index < -0.39 is 0 Å². The summed E-state index contributed by atoms with van der Waals surface area (Å²) in [5, 5.41) is 0. The number of ketones is 2. The highest BCUT2D eigenvalue weighted by molar-refractivity contribution is 5.88. The fraction of sp³-hybridized carbons (Fsp3) is 0.833. The zero-order valence-corrected chi connectivity index (χ0v) is 17.2. The molecule has 4 saturated carbocycles. The van der Waals surface area contributed by atoms with Crippen molar-refractivity contribution < 1.29 is 9.59 Å². The molecule has 4 aliphatic carbocycles. The van der Waals surface area contributed by atoms with E-state index in [1.807, 2.05) is 0 Å². The summed E-state index contributed by atoms with van der Waals surface area (Å²) in [5.74, 6) is 3.33. The molecular formula is C24H37NO2. The van der Waals surface area contributed by atoms with E-state index in [4.69, 9.17) is 5.73 Å². The average Bonchev–Trinajstić information content (AvgIpc) is 2.95. The Morgan fingerprint density at radius 1 is 1.11 bits per heavy atom. The molecule has 0 heterocycles. The van der Waals surface area contributed by atoms with E-state index in [1.54, 1.807) is 0 Å². The third-order valence-corrected chi connectivity index (χ3v) is 9.19. The van der Waals surface area contributed by atoms with Gasteiger partial charge in [0.1, 0.15) is 11.6 Å². The molecule has 4 aliphatic rings. The standard InChI is InChI=1S/C24H37NO2/c1-23-11-9-16(6-4-3-5-13-25)14-20(23)21(26)15-17-18-7-8-22(27)24(18,2)12-10-19(17)23/h4,6,16-20H,3,5,7-15,25H2,1-2H3/b6-4+/t16-,17-,18-,19-,20?,23+,24-/m0/s1. The van der Waals surface area contributed by atoms with Gasteiger partial charge in [-0.25, -0.2) is 0 Å². The number of hydrogen-bond acceptors (Lipinski definition) is 3. The molecule has 0 bridgehead atoms. The van der Waals surface area contributed by atoms with Crippen LogP contribution >= 0.6 is 0 Å². The molecule has 7 atom stereocenters. The van der Waals surface area contributed by atoms with Crippen molar-refractivity contribution in [1.82, 2.24) is 0 Å². The largest absolute Gasteiger partial charge is 0.330 e. The molecule has 0 aromatic carbocycles. The molecule has 150 valence electrons. The first kappa shape index (κ1) is 19.4. The van der Waals surface area contributed by atoms with Gasteiger partial charge in [-0.1, -0.05) is 26.0 Å². The molecule has 0 amide bonds. The van der Waals surface area contributed by atoms with Crippen molar-refractivity contribution >= 4 is 11.6 Å². The summed E-state index contributed by atoms with van der Waals surface area (Å²) >= 11 is 0. The Kier molecular flexibility index (Phi) is 5.12. The SMILES string of the molecule is C[C@]12CC[C@H](/C=C/CCCN)CC1C(=O)C[C@@H]1[C@@H]2CC[C@]2(C)C(=O)CC[C@@H]12. The van der Waals surface area contributed by atoms with Crippen molar-refractivity contribution in [2.45, 2.75) is 78.1 Å². The van der Waals surface area contributed by atoms with Gasteiger partial charge >= 0.3 is 0 Å². The number of rotatable bonds is 4. The Bertz CT molecular complexity index is 640. The minimum Gasteiger partial charge on any atom is -0.330 e. The van der Waals surface area contributed by atoms with Gasteiger partial charge in [0, 0.05) is 24.2 Å². The maximum absolute atomic E-state index is 13.3. The normalized spacial score (nSPS) is 47.0. The van der Waals surface area contributed by atoms with Crippen LogP contribution in [0.3, 0.4) is 0 Å². The first-order valence-electron chi connectivity index (χ1n) is 11.3. The molecule has 1 unspecified atom stereocenters. The zero-order chi connectivity index (χ0) is 19.2. The van der Waals surface area contributed by atoms with Crippen LogP contribution in [-0.4, -0.2) is 18.1 Å². The van der Waals surface area contributed by atoms with Crippen LogP contribution in [0.1, 0.15) is 78.1 Å². The molecule has 0 aromatic heterocycles. The number of hydrogen-bond donors (Lipinski definition) is 1. The molecule has 0 saturated heterocycles. The Labute approximate surface area is 164 Å². The maximum Gasteiger partial charge on any atom is 0.139 e. The van der Waals surface area contributed by atoms with Crippen molar-refractivity contribution in [2.24, 2.45) is 46.2 Å². The molecule has 2 N–H and O–H groups in total. The van der Waals surface area contributed by atoms with Crippen molar-refractivity contribution in [1.29, 1.82) is 0 Å². The van der Waals surface area contributed by atoms with Gasteiger partial charge in [-0.05, 0) is 87.0 Å². The van der Waals surface area contributed by atoms with Crippen LogP contribution in [0.15, 0.2) is 12.2 Å². The Morgan fingerprint density at radius 2 is 1.93 bits per heavy atom. The molecule has 27 heavy (non-hydrogen) atoms. The summed E-state index contributed by atoms with van der Waals surface area (Å²) < 4.78 is 0. The molecule has 4 fully saturated rings. The van der Waals surface area contributed by atoms with Gasteiger partial charge in [0.15, 0.2) is 0 Å². The summed E-state index contributed by atoms with van der Waals surface area (Å²) in [5.41, 5.74) is 5.62. The van der Waals surface area contributed by atoms with Crippen molar-refractivity contribution in [3.8, 4) is 0 Å². The van der Waals surface area contributed by atoms with Crippen LogP contribution in [0, 0.1) is 40.4 Å². The first-order valence-corrected chi connectivity index (χ1v) is 11.3. The van der Waals surface area contributed by atoms with Crippen LogP contribution in [0.2, 0.25) is 0 Å². The van der Waals surface area contributed by atoms with Gasteiger partial charge in [0.25, 0.3) is 0 Å². The average molecular weight is 372 g/mol. The van der Waals surface area contributed by atoms with Crippen molar-refractivity contribution in [2.75, 3.05) is 6.54 Å². The quantitative estimate of drug-likeness (QED) is 0.576. The van der Waals surface area contributed by atoms with Crippen molar-refractivity contribution in [3.05, 3.63) is 12.2 Å². The molecule has 0 aliphatic heterocycles. The lowest BCUT2D eigenvalue weighted by Crippen LogP contribution is -2.56. The van der Waals surface area contributed by atoms with Crippen LogP contribution in [0.5, 0.6) is 0 Å². The van der Waals surface area contributed by atoms with Gasteiger partial charge in [0.05, 0.1) is 0 Å². The summed E-state index contributed by atoms with van der Waals surface area (Å²) in [6, 6.07) is 0. The molecule has 0 radical (unpaired) electrons. The predicted octanol–water partition coefficient (Wildman–Crippen LogP) is 4.69. The van der Waals surface area contributed by atoms with Crippen LogP contribution < -0.4 is 5.73 Å². The second kappa shape index (κ2) is 7.13. The summed E-state index contributed by atoms with van der Waals surface area (Å²) in [7, 11) is 0. The summed E-state index contributed by atoms with van der Waals surface area (Å²) in [4.78, 5) is 25.8. The highest BCUT2D eigenvalue weighted by Crippen LogP contribution is 2.65. The molecule has 0 aromatic rings. The Hall–Kier alpha value is -0.960. The highest BCUT2D eigenvalue weighted by Gasteiger charge is 2.62. The topological polar surface area (TPSA) is 60.2 Å². The minimum atomic E-state index is -0.131. The Morgan fingerprint density at radius 3 is 2.70 bits per heavy atom. The monoisotopic (exact) mass is 371 g/mol. The van der Waals surface area contributed by atoms with Gasteiger partial charge in [-0.15, -0.1) is 0 Å². The smallest absolute Gasteiger partial charge is 0.139 e. The highest BCUT2D eigenvalue weighted by atomic mass is 16.1.